The number of nitrogens with zero attached hydrogens (tertiary/aromatic N) is 8. The van der Waals surface area contributed by atoms with Crippen LogP contribution in [0.5, 0.6) is 0 Å². The van der Waals surface area contributed by atoms with Crippen LogP contribution in [0, 0.1) is 41.9 Å². The van der Waals surface area contributed by atoms with Gasteiger partial charge in [0.05, 0.1) is 33.0 Å². The summed E-state index contributed by atoms with van der Waals surface area (Å²) in [6, 6.07) is 26.1. The number of hydrogen-bond acceptors (Lipinski definition) is 21. The van der Waals surface area contributed by atoms with Gasteiger partial charge in [0.15, 0.2) is 0 Å². The number of amides is 5. The summed E-state index contributed by atoms with van der Waals surface area (Å²) in [6.07, 6.45) is 60.3. The van der Waals surface area contributed by atoms with Crippen LogP contribution in [0.2, 0.25) is 0 Å². The van der Waals surface area contributed by atoms with E-state index < -0.39 is 64.2 Å². The van der Waals surface area contributed by atoms with Gasteiger partial charge in [-0.25, -0.2) is 24.0 Å². The van der Waals surface area contributed by atoms with Crippen molar-refractivity contribution in [3.8, 4) is 0 Å². The van der Waals surface area contributed by atoms with Crippen molar-refractivity contribution in [3.05, 3.63) is 185 Å². The quantitative estimate of drug-likeness (QED) is 0.0116. The molecule has 0 spiro atoms. The van der Waals surface area contributed by atoms with E-state index in [1.54, 1.807) is 34.6 Å². The van der Waals surface area contributed by atoms with Gasteiger partial charge in [0.2, 0.25) is 29.2 Å². The molecular formula is C123H174N8O18. The van der Waals surface area contributed by atoms with E-state index >= 15 is 0 Å². The topological polar surface area (TPSA) is 323 Å². The largest absolute Gasteiger partial charge is 0.464 e. The Morgan fingerprint density at radius 2 is 0.497 bits per heavy atom. The normalized spacial score (nSPS) is 20.7. The van der Waals surface area contributed by atoms with Gasteiger partial charge in [-0.1, -0.05) is 208 Å². The Bertz CT molecular complexity index is 5060. The second-order valence-corrected chi connectivity index (χ2v) is 44.4. The van der Waals surface area contributed by atoms with E-state index in [0.717, 1.165) is 275 Å². The fourth-order valence-electron chi connectivity index (χ4n) is 23.1. The Kier molecular flexibility index (Phi) is 49.9. The minimum absolute atomic E-state index is 0.0251. The van der Waals surface area contributed by atoms with Crippen LogP contribution in [0.4, 0.5) is 0 Å². The Balaban J connectivity index is 0.000000177. The maximum Gasteiger partial charge on any atom is 0.328 e. The lowest BCUT2D eigenvalue weighted by Gasteiger charge is -2.37. The molecular weight excluding hydrogens is 1880 g/mol. The summed E-state index contributed by atoms with van der Waals surface area (Å²) in [5.41, 5.74) is 8.24. The third-order valence-corrected chi connectivity index (χ3v) is 32.7. The summed E-state index contributed by atoms with van der Waals surface area (Å²) >= 11 is 0. The van der Waals surface area contributed by atoms with Crippen molar-refractivity contribution in [1.82, 2.24) is 39.5 Å². The number of pyridine rings is 3. The van der Waals surface area contributed by atoms with Gasteiger partial charge in [0, 0.05) is 97.3 Å². The first-order chi connectivity index (χ1) is 72.1. The number of piperidine rings is 5. The molecule has 5 aliphatic heterocycles. The maximum absolute atomic E-state index is 13.1. The van der Waals surface area contributed by atoms with Crippen LogP contribution in [0.3, 0.4) is 0 Å². The number of ketones is 3. The molecule has 5 saturated heterocycles. The van der Waals surface area contributed by atoms with Gasteiger partial charge < -0.3 is 48.2 Å². The molecule has 10 aliphatic rings. The summed E-state index contributed by atoms with van der Waals surface area (Å²) < 4.78 is 27.6. The molecule has 149 heavy (non-hydrogen) atoms. The highest BCUT2D eigenvalue weighted by atomic mass is 16.6. The third-order valence-electron chi connectivity index (χ3n) is 32.7. The zero-order valence-corrected chi connectivity index (χ0v) is 90.7. The summed E-state index contributed by atoms with van der Waals surface area (Å²) in [5, 5.41) is 0. The monoisotopic (exact) mass is 2050 g/mol. The van der Waals surface area contributed by atoms with Gasteiger partial charge in [-0.05, 0) is 322 Å². The number of aromatic nitrogens is 3. The first kappa shape index (κ1) is 118. The standard InChI is InChI=1S/C26H37NO3.C25H36N2O4.C25H35NO3.C24H34N2O4.C23H32N2O4/c1-20-14-16-22(17-15-20)10-7-9-19-30-26(29)24-13-6-8-18-27(24)25(28)21(2)23-11-4-3-5-12-23;1-25(14-6-3-7-15-25)22(28)23(29)27-17-8-5-13-21(27)24(30)31-18-9-2-4-11-20-12-10-16-26-19-20;1-19-13-15-21(16-14-19)9-8-18-29-25(28)23-12-6-7-17-26(23)24(27)20(2)22-10-4-3-5-11-22;1-24(13-5-2-6-14-24)21(27)22(28)26-16-7-3-12-20(26)23(29)30-17-8-4-10-19-11-9-15-25-18-19;1-23(12-4-2-5-13-23)20(26)21(27)25-15-6-3-11-19(25)22(28)29-16-8-10-18-9-7-14-24-17-18/h14-17,23-24H,2-13,18-19H2,1H3;10,12,16,19,21H,2-9,11,13-15,17-18H2,1H3;13-16,22-23H,2-12,17-18H2,1H3;9,11,15,18,20H,2-8,10,12-14,16-17H2,1H3;7,9,14,17,19H,2-6,8,10-13,15-16H2,1H3. The van der Waals surface area contributed by atoms with E-state index in [9.17, 15) is 62.3 Å². The molecule has 26 heteroatoms. The number of esters is 5. The number of unbranched alkanes of at least 4 members (excludes halogenated alkanes) is 4. The molecule has 0 bridgehead atoms. The summed E-state index contributed by atoms with van der Waals surface area (Å²) in [6.45, 7) is 22.6. The zero-order chi connectivity index (χ0) is 106. The highest BCUT2D eigenvalue weighted by molar-refractivity contribution is 6.39. The van der Waals surface area contributed by atoms with Crippen LogP contribution in [0.15, 0.2) is 146 Å². The number of ether oxygens (including phenoxy) is 5. The molecule has 5 unspecified atom stereocenters. The summed E-state index contributed by atoms with van der Waals surface area (Å²) in [7, 11) is 0. The highest BCUT2D eigenvalue weighted by Gasteiger charge is 2.49. The molecule has 8 heterocycles. The van der Waals surface area contributed by atoms with E-state index in [1.165, 1.54) is 86.6 Å². The van der Waals surface area contributed by atoms with E-state index in [1.807, 2.05) is 63.5 Å². The third kappa shape index (κ3) is 37.3. The lowest BCUT2D eigenvalue weighted by atomic mass is 9.72. The average molecular weight is 2050 g/mol. The van der Waals surface area contributed by atoms with E-state index in [2.05, 4.69) is 96.6 Å². The van der Waals surface area contributed by atoms with Crippen molar-refractivity contribution in [1.29, 1.82) is 0 Å². The van der Waals surface area contributed by atoms with Crippen LogP contribution in [-0.4, -0.2) is 212 Å². The van der Waals surface area contributed by atoms with Crippen LogP contribution in [-0.2, 0) is 118 Å². The molecule has 0 N–H and O–H groups in total. The van der Waals surface area contributed by atoms with Crippen molar-refractivity contribution in [3.63, 3.8) is 0 Å². The van der Waals surface area contributed by atoms with Crippen LogP contribution >= 0.6 is 0 Å². The highest BCUT2D eigenvalue weighted by Crippen LogP contribution is 2.42. The molecule has 5 aromatic rings. The molecule has 26 nitrogen and oxygen atoms in total. The Morgan fingerprint density at radius 1 is 0.268 bits per heavy atom. The smallest absolute Gasteiger partial charge is 0.328 e. The number of carbonyl (C=O) groups is 13. The molecule has 10 fully saturated rings. The maximum atomic E-state index is 13.1. The predicted octanol–water partition coefficient (Wildman–Crippen LogP) is 22.0. The van der Waals surface area contributed by atoms with Crippen LogP contribution < -0.4 is 0 Å². The SMILES string of the molecule is C=C(C(=O)N1CCCCC1C(=O)OCCCCc1ccc(C)cc1)C1CCCCC1.C=C(C(=O)N1CCCCC1C(=O)OCCCc1ccc(C)cc1)C1CCCCC1.CC1(C(=O)C(=O)N2CCCCC2C(=O)OCCCCCc2cccnc2)CCCCC1.CC1(C(=O)C(=O)N2CCCCC2C(=O)OCCCCc2cccnc2)CCCCC1.CC1(C(=O)C(=O)N2CCCCC2C(=O)OCCCc2cccnc2)CCCCC1. The number of likely N-dealkylation sites (tertiary alicyclic amines) is 5. The molecule has 814 valence electrons. The number of hydrogen-bond donors (Lipinski definition) is 0. The second kappa shape index (κ2) is 62.8. The molecule has 2 aromatic carbocycles. The minimum atomic E-state index is -0.634. The first-order valence-corrected chi connectivity index (χ1v) is 57.3. The average Bonchev–Trinajstić information content (AvgIpc) is 0.806. The van der Waals surface area contributed by atoms with Gasteiger partial charge >= 0.3 is 29.8 Å². The van der Waals surface area contributed by atoms with Crippen LogP contribution in [0.1, 0.15) is 374 Å². The van der Waals surface area contributed by atoms with Gasteiger partial charge in [0.25, 0.3) is 17.7 Å². The molecule has 5 saturated carbocycles. The predicted molar refractivity (Wildman–Crippen MR) is 577 cm³/mol. The summed E-state index contributed by atoms with van der Waals surface area (Å²) in [4.78, 5) is 188. The number of rotatable bonds is 39. The number of Topliss-reactive ketones (excluding diaryl/α,β-unsaturated/α-hetero) is 3. The fourth-order valence-corrected chi connectivity index (χ4v) is 23.1. The Labute approximate surface area is 887 Å². The fraction of sp³-hybridized carbons (Fsp3) is 0.642. The Hall–Kier alpha value is -10.9. The molecule has 5 amide bonds. The molecule has 5 atom stereocenters. The van der Waals surface area contributed by atoms with Gasteiger partial charge in [-0.2, -0.15) is 0 Å². The van der Waals surface area contributed by atoms with Crippen molar-refractivity contribution in [2.75, 3.05) is 65.8 Å². The van der Waals surface area contributed by atoms with Crippen molar-refractivity contribution in [2.24, 2.45) is 28.1 Å². The molecule has 3 aromatic heterocycles. The second-order valence-electron chi connectivity index (χ2n) is 44.4. The van der Waals surface area contributed by atoms with Crippen molar-refractivity contribution in [2.45, 2.75) is 412 Å². The van der Waals surface area contributed by atoms with E-state index in [4.69, 9.17) is 23.7 Å². The van der Waals surface area contributed by atoms with Crippen LogP contribution in [0.25, 0.3) is 0 Å². The van der Waals surface area contributed by atoms with Gasteiger partial charge in [-0.3, -0.25) is 53.3 Å². The Morgan fingerprint density at radius 3 is 0.772 bits per heavy atom. The van der Waals surface area contributed by atoms with Gasteiger partial charge in [0.1, 0.15) is 30.2 Å². The minimum Gasteiger partial charge on any atom is -0.464 e. The van der Waals surface area contributed by atoms with E-state index in [0.29, 0.717) is 115 Å². The lowest BCUT2D eigenvalue weighted by molar-refractivity contribution is -0.161. The van der Waals surface area contributed by atoms with Gasteiger partial charge in [-0.15, -0.1) is 0 Å². The number of aryl methyl sites for hydroxylation is 7. The van der Waals surface area contributed by atoms with Crippen molar-refractivity contribution < 1.29 is 86.0 Å². The molecule has 15 rings (SSSR count). The number of carbonyl (C=O) groups excluding carboxylic acids is 13. The van der Waals surface area contributed by atoms with Crippen molar-refractivity contribution >= 4 is 76.7 Å². The zero-order valence-electron chi connectivity index (χ0n) is 90.7. The van der Waals surface area contributed by atoms with E-state index in [-0.39, 0.29) is 70.8 Å². The lowest BCUT2D eigenvalue weighted by Crippen LogP contribution is -2.53. The summed E-state index contributed by atoms with van der Waals surface area (Å²) in [5.74, 6) is -3.52. The number of benzene rings is 2. The molecule has 0 radical (unpaired) electrons. The molecule has 5 aliphatic carbocycles. The first-order valence-electron chi connectivity index (χ1n) is 57.3.